The largest absolute Gasteiger partial charge is 0.231 e. The number of aromatic nitrogens is 2. The molecule has 90 valence electrons. The van der Waals surface area contributed by atoms with Crippen LogP contribution in [0.4, 0.5) is 0 Å². The minimum absolute atomic E-state index is 0.333. The summed E-state index contributed by atoms with van der Waals surface area (Å²) in [6, 6.07) is 1.99. The summed E-state index contributed by atoms with van der Waals surface area (Å²) >= 11 is 13.5. The number of halogens is 3. The molecule has 0 aliphatic carbocycles. The van der Waals surface area contributed by atoms with Crippen molar-refractivity contribution in [2.45, 2.75) is 19.8 Å². The van der Waals surface area contributed by atoms with Gasteiger partial charge in [-0.1, -0.05) is 25.4 Å². The molecule has 2 nitrogen and oxygen atoms in total. The molecule has 17 heavy (non-hydrogen) atoms. The molecule has 2 rings (SSSR count). The smallest absolute Gasteiger partial charge is 0.172 e. The third-order valence-electron chi connectivity index (χ3n) is 2.20. The normalized spacial score (nSPS) is 11.2. The maximum Gasteiger partial charge on any atom is 0.172 e. The Bertz CT molecular complexity index is 556. The first-order chi connectivity index (χ1) is 8.00. The lowest BCUT2D eigenvalue weighted by molar-refractivity contribution is 0.809. The van der Waals surface area contributed by atoms with Gasteiger partial charge in [-0.15, -0.1) is 11.3 Å². The first-order valence-electron chi connectivity index (χ1n) is 4.97. The van der Waals surface area contributed by atoms with Crippen LogP contribution in [0.5, 0.6) is 0 Å². The van der Waals surface area contributed by atoms with Gasteiger partial charge in [0.1, 0.15) is 5.15 Å². The van der Waals surface area contributed by atoms with E-state index in [-0.39, 0.29) is 0 Å². The lowest BCUT2D eigenvalue weighted by Crippen LogP contribution is -2.02. The van der Waals surface area contributed by atoms with Crippen molar-refractivity contribution >= 4 is 61.5 Å². The third kappa shape index (κ3) is 2.83. The Kier molecular flexibility index (Phi) is 4.44. The zero-order valence-electron chi connectivity index (χ0n) is 9.17. The minimum atomic E-state index is 0.333. The van der Waals surface area contributed by atoms with Crippen molar-refractivity contribution in [3.05, 3.63) is 30.3 Å². The molecule has 0 atom stereocenters. The highest BCUT2D eigenvalue weighted by atomic mass is 127. The molecule has 0 aliphatic rings. The molecule has 0 spiro atoms. The van der Waals surface area contributed by atoms with E-state index in [2.05, 4.69) is 62.3 Å². The monoisotopic (exact) mass is 442 g/mol. The fraction of sp³-hybridized carbons (Fsp3) is 0.273. The summed E-state index contributed by atoms with van der Waals surface area (Å²) in [5.74, 6) is 1.03. The van der Waals surface area contributed by atoms with Crippen LogP contribution in [-0.4, -0.2) is 9.97 Å². The maximum absolute atomic E-state index is 6.16. The Morgan fingerprint density at radius 3 is 2.65 bits per heavy atom. The summed E-state index contributed by atoms with van der Waals surface area (Å²) in [4.78, 5) is 9.98. The first kappa shape index (κ1) is 13.7. The van der Waals surface area contributed by atoms with E-state index in [1.165, 1.54) is 0 Å². The van der Waals surface area contributed by atoms with Crippen molar-refractivity contribution in [1.29, 1.82) is 0 Å². The van der Waals surface area contributed by atoms with Gasteiger partial charge >= 0.3 is 0 Å². The number of rotatable bonds is 2. The Morgan fingerprint density at radius 1 is 1.41 bits per heavy atom. The Balaban J connectivity index is 2.61. The highest BCUT2D eigenvalue weighted by Crippen LogP contribution is 2.34. The molecule has 2 aromatic rings. The predicted molar refractivity (Wildman–Crippen MR) is 84.9 cm³/mol. The van der Waals surface area contributed by atoms with Crippen LogP contribution < -0.4 is 0 Å². The fourth-order valence-electron chi connectivity index (χ4n) is 1.37. The van der Waals surface area contributed by atoms with Gasteiger partial charge < -0.3 is 0 Å². The van der Waals surface area contributed by atoms with Crippen LogP contribution in [0, 0.1) is 3.57 Å². The van der Waals surface area contributed by atoms with Crippen LogP contribution in [-0.2, 0) is 0 Å². The Labute approximate surface area is 131 Å². The minimum Gasteiger partial charge on any atom is -0.231 e. The SMILES string of the molecule is CC(C)c1nc(-c2sccc2Br)nc(Cl)c1I. The van der Waals surface area contributed by atoms with Crippen molar-refractivity contribution in [1.82, 2.24) is 9.97 Å². The number of thiophene rings is 1. The summed E-state index contributed by atoms with van der Waals surface area (Å²) in [7, 11) is 0. The molecule has 0 aromatic carbocycles. The quantitative estimate of drug-likeness (QED) is 0.462. The number of hydrogen-bond donors (Lipinski definition) is 0. The number of hydrogen-bond acceptors (Lipinski definition) is 3. The zero-order valence-corrected chi connectivity index (χ0v) is 14.5. The summed E-state index contributed by atoms with van der Waals surface area (Å²) in [5, 5.41) is 2.53. The van der Waals surface area contributed by atoms with Crippen LogP contribution in [0.25, 0.3) is 10.7 Å². The molecule has 0 amide bonds. The van der Waals surface area contributed by atoms with Gasteiger partial charge in [0.05, 0.1) is 14.1 Å². The van der Waals surface area contributed by atoms with E-state index >= 15 is 0 Å². The zero-order chi connectivity index (χ0) is 12.6. The van der Waals surface area contributed by atoms with Crippen LogP contribution in [0.1, 0.15) is 25.5 Å². The molecule has 0 radical (unpaired) electrons. The van der Waals surface area contributed by atoms with E-state index in [0.29, 0.717) is 16.9 Å². The van der Waals surface area contributed by atoms with E-state index in [0.717, 1.165) is 18.6 Å². The second-order valence-corrected chi connectivity index (χ2v) is 7.00. The summed E-state index contributed by atoms with van der Waals surface area (Å²) < 4.78 is 1.95. The molecule has 2 heterocycles. The van der Waals surface area contributed by atoms with Crippen LogP contribution in [0.15, 0.2) is 15.9 Å². The molecule has 0 N–H and O–H groups in total. The first-order valence-corrected chi connectivity index (χ1v) is 8.10. The lowest BCUT2D eigenvalue weighted by atomic mass is 10.1. The molecule has 0 bridgehead atoms. The van der Waals surface area contributed by atoms with Gasteiger partial charge in [-0.25, -0.2) is 9.97 Å². The second-order valence-electron chi connectivity index (χ2n) is 3.79. The van der Waals surface area contributed by atoms with E-state index in [4.69, 9.17) is 11.6 Å². The standard InChI is InChI=1S/C11H9BrClIN2S/c1-5(2)8-7(14)10(13)16-11(15-8)9-6(12)3-4-17-9/h3-5H,1-2H3. The molecule has 0 saturated carbocycles. The van der Waals surface area contributed by atoms with Crippen LogP contribution >= 0.6 is 61.5 Å². The van der Waals surface area contributed by atoms with Gasteiger partial charge in [0.2, 0.25) is 0 Å². The predicted octanol–water partition coefficient (Wildman–Crippen LogP) is 5.35. The summed E-state index contributed by atoms with van der Waals surface area (Å²) in [5.41, 5.74) is 1.00. The Hall–Kier alpha value is 0.280. The topological polar surface area (TPSA) is 25.8 Å². The van der Waals surface area contributed by atoms with Gasteiger partial charge in [0, 0.05) is 4.47 Å². The van der Waals surface area contributed by atoms with E-state index < -0.39 is 0 Å². The molecule has 0 aliphatic heterocycles. The molecule has 0 unspecified atom stereocenters. The molecule has 0 fully saturated rings. The highest BCUT2D eigenvalue weighted by molar-refractivity contribution is 14.1. The Morgan fingerprint density at radius 2 is 2.12 bits per heavy atom. The van der Waals surface area contributed by atoms with Crippen LogP contribution in [0.3, 0.4) is 0 Å². The summed E-state index contributed by atoms with van der Waals surface area (Å²) in [6.45, 7) is 4.21. The van der Waals surface area contributed by atoms with E-state index in [1.807, 2.05) is 11.4 Å². The van der Waals surface area contributed by atoms with Gasteiger partial charge in [-0.05, 0) is 55.9 Å². The summed E-state index contributed by atoms with van der Waals surface area (Å²) in [6.07, 6.45) is 0. The molecule has 0 saturated heterocycles. The van der Waals surface area contributed by atoms with Gasteiger partial charge in [0.25, 0.3) is 0 Å². The van der Waals surface area contributed by atoms with Crippen molar-refractivity contribution in [3.8, 4) is 10.7 Å². The average Bonchev–Trinajstić information content (AvgIpc) is 2.68. The second kappa shape index (κ2) is 5.50. The van der Waals surface area contributed by atoms with E-state index in [9.17, 15) is 0 Å². The van der Waals surface area contributed by atoms with Crippen molar-refractivity contribution < 1.29 is 0 Å². The molecule has 6 heteroatoms. The highest BCUT2D eigenvalue weighted by Gasteiger charge is 2.16. The third-order valence-corrected chi connectivity index (χ3v) is 5.69. The average molecular weight is 444 g/mol. The molecular weight excluding hydrogens is 434 g/mol. The maximum atomic E-state index is 6.16. The fourth-order valence-corrected chi connectivity index (χ4v) is 3.90. The van der Waals surface area contributed by atoms with Crippen molar-refractivity contribution in [2.24, 2.45) is 0 Å². The van der Waals surface area contributed by atoms with Gasteiger partial charge in [-0.3, -0.25) is 0 Å². The van der Waals surface area contributed by atoms with Crippen molar-refractivity contribution in [2.75, 3.05) is 0 Å². The van der Waals surface area contributed by atoms with Gasteiger partial charge in [0.15, 0.2) is 5.82 Å². The van der Waals surface area contributed by atoms with Crippen LogP contribution in [0.2, 0.25) is 5.15 Å². The number of nitrogens with zero attached hydrogens (tertiary/aromatic N) is 2. The molecule has 2 aromatic heterocycles. The lowest BCUT2D eigenvalue weighted by Gasteiger charge is -2.10. The van der Waals surface area contributed by atoms with Gasteiger partial charge in [-0.2, -0.15) is 0 Å². The van der Waals surface area contributed by atoms with Crippen molar-refractivity contribution in [3.63, 3.8) is 0 Å². The van der Waals surface area contributed by atoms with E-state index in [1.54, 1.807) is 11.3 Å². The molecular formula is C11H9BrClIN2S.